The molecule has 0 radical (unpaired) electrons. The van der Waals surface area contributed by atoms with Crippen LogP contribution in [0.1, 0.15) is 12.8 Å². The third-order valence-corrected chi connectivity index (χ3v) is 2.95. The standard InChI is InChI=1S/C12H18N6/c1-18-6-3-10(8-18)17-12-7-11(15-9-16-12)14-5-2-4-13/h7,9-10H,2-3,5-6,8H2,1H3,(H2,14,15,16,17). The van der Waals surface area contributed by atoms with Gasteiger partial charge in [-0.3, -0.25) is 0 Å². The molecule has 1 aliphatic rings. The van der Waals surface area contributed by atoms with E-state index >= 15 is 0 Å². The molecule has 2 rings (SSSR count). The van der Waals surface area contributed by atoms with Gasteiger partial charge in [0, 0.05) is 25.2 Å². The van der Waals surface area contributed by atoms with Crippen LogP contribution in [-0.2, 0) is 0 Å². The molecule has 6 nitrogen and oxygen atoms in total. The Kier molecular flexibility index (Phi) is 4.31. The number of rotatable bonds is 5. The summed E-state index contributed by atoms with van der Waals surface area (Å²) >= 11 is 0. The third kappa shape index (κ3) is 3.57. The molecule has 0 saturated carbocycles. The SMILES string of the molecule is CN1CCC(Nc2cc(NCCC#N)ncn2)C1. The third-order valence-electron chi connectivity index (χ3n) is 2.95. The normalized spacial score (nSPS) is 19.4. The van der Waals surface area contributed by atoms with Gasteiger partial charge in [-0.1, -0.05) is 0 Å². The van der Waals surface area contributed by atoms with Gasteiger partial charge >= 0.3 is 0 Å². The second-order valence-corrected chi connectivity index (χ2v) is 4.52. The molecular formula is C12H18N6. The molecule has 2 heterocycles. The molecule has 1 aliphatic heterocycles. The molecule has 96 valence electrons. The van der Waals surface area contributed by atoms with E-state index in [0.717, 1.165) is 31.1 Å². The number of aromatic nitrogens is 2. The van der Waals surface area contributed by atoms with Crippen LogP contribution in [0.5, 0.6) is 0 Å². The van der Waals surface area contributed by atoms with Gasteiger partial charge in [-0.05, 0) is 20.0 Å². The van der Waals surface area contributed by atoms with Crippen molar-refractivity contribution in [3.05, 3.63) is 12.4 Å². The van der Waals surface area contributed by atoms with Crippen LogP contribution in [0.15, 0.2) is 12.4 Å². The van der Waals surface area contributed by atoms with Gasteiger partial charge in [0.1, 0.15) is 18.0 Å². The molecule has 6 heteroatoms. The van der Waals surface area contributed by atoms with Crippen molar-refractivity contribution in [2.24, 2.45) is 0 Å². The van der Waals surface area contributed by atoms with E-state index in [-0.39, 0.29) is 0 Å². The van der Waals surface area contributed by atoms with Crippen LogP contribution in [0, 0.1) is 11.3 Å². The lowest BCUT2D eigenvalue weighted by Gasteiger charge is -2.13. The molecule has 0 aliphatic carbocycles. The van der Waals surface area contributed by atoms with Crippen molar-refractivity contribution in [3.63, 3.8) is 0 Å². The van der Waals surface area contributed by atoms with Crippen LogP contribution in [-0.4, -0.2) is 47.6 Å². The van der Waals surface area contributed by atoms with Crippen molar-refractivity contribution in [1.82, 2.24) is 14.9 Å². The number of nitrogens with one attached hydrogen (secondary N) is 2. The van der Waals surface area contributed by atoms with Gasteiger partial charge in [0.05, 0.1) is 12.5 Å². The van der Waals surface area contributed by atoms with Crippen molar-refractivity contribution < 1.29 is 0 Å². The molecule has 1 aromatic rings. The summed E-state index contributed by atoms with van der Waals surface area (Å²) in [5.41, 5.74) is 0. The maximum absolute atomic E-state index is 8.47. The van der Waals surface area contributed by atoms with Gasteiger partial charge in [-0.25, -0.2) is 9.97 Å². The molecule has 2 N–H and O–H groups in total. The molecule has 0 amide bonds. The zero-order valence-electron chi connectivity index (χ0n) is 10.6. The van der Waals surface area contributed by atoms with Crippen LogP contribution in [0.3, 0.4) is 0 Å². The zero-order chi connectivity index (χ0) is 12.8. The molecule has 0 aromatic carbocycles. The predicted molar refractivity (Wildman–Crippen MR) is 70.3 cm³/mol. The van der Waals surface area contributed by atoms with Crippen molar-refractivity contribution >= 4 is 11.6 Å². The van der Waals surface area contributed by atoms with E-state index in [4.69, 9.17) is 5.26 Å². The van der Waals surface area contributed by atoms with Crippen LogP contribution >= 0.6 is 0 Å². The van der Waals surface area contributed by atoms with Crippen LogP contribution in [0.2, 0.25) is 0 Å². The molecule has 0 spiro atoms. The van der Waals surface area contributed by atoms with Gasteiger partial charge in [0.2, 0.25) is 0 Å². The Morgan fingerprint density at radius 3 is 3.06 bits per heavy atom. The minimum absolute atomic E-state index is 0.455. The second-order valence-electron chi connectivity index (χ2n) is 4.52. The fourth-order valence-corrected chi connectivity index (χ4v) is 2.04. The van der Waals surface area contributed by atoms with E-state index in [9.17, 15) is 0 Å². The topological polar surface area (TPSA) is 76.9 Å². The Morgan fingerprint density at radius 1 is 1.50 bits per heavy atom. The molecule has 1 atom stereocenters. The van der Waals surface area contributed by atoms with E-state index in [1.165, 1.54) is 6.33 Å². The first kappa shape index (κ1) is 12.6. The van der Waals surface area contributed by atoms with Gasteiger partial charge < -0.3 is 15.5 Å². The lowest BCUT2D eigenvalue weighted by Crippen LogP contribution is -2.24. The number of likely N-dealkylation sites (N-methyl/N-ethyl adjacent to an activating group) is 1. The molecule has 1 unspecified atom stereocenters. The summed E-state index contributed by atoms with van der Waals surface area (Å²) in [6.45, 7) is 2.77. The summed E-state index contributed by atoms with van der Waals surface area (Å²) in [4.78, 5) is 10.6. The maximum atomic E-state index is 8.47. The van der Waals surface area contributed by atoms with E-state index in [2.05, 4.69) is 38.6 Å². The van der Waals surface area contributed by atoms with Crippen LogP contribution in [0.25, 0.3) is 0 Å². The summed E-state index contributed by atoms with van der Waals surface area (Å²) in [5, 5.41) is 15.0. The highest BCUT2D eigenvalue weighted by Crippen LogP contribution is 2.14. The van der Waals surface area contributed by atoms with E-state index < -0.39 is 0 Å². The minimum atomic E-state index is 0.455. The smallest absolute Gasteiger partial charge is 0.131 e. The molecule has 0 bridgehead atoms. The Hall–Kier alpha value is -1.87. The summed E-state index contributed by atoms with van der Waals surface area (Å²) in [6, 6.07) is 4.43. The Labute approximate surface area is 107 Å². The minimum Gasteiger partial charge on any atom is -0.369 e. The first-order valence-electron chi connectivity index (χ1n) is 6.16. The molecule has 1 aromatic heterocycles. The molecule has 1 fully saturated rings. The number of likely N-dealkylation sites (tertiary alicyclic amines) is 1. The Bertz CT molecular complexity index is 427. The fraction of sp³-hybridized carbons (Fsp3) is 0.583. The summed E-state index contributed by atoms with van der Waals surface area (Å²) in [6.07, 6.45) is 3.15. The first-order valence-corrected chi connectivity index (χ1v) is 6.16. The highest BCUT2D eigenvalue weighted by atomic mass is 15.2. The predicted octanol–water partition coefficient (Wildman–Crippen LogP) is 0.918. The van der Waals surface area contributed by atoms with Gasteiger partial charge in [0.15, 0.2) is 0 Å². The number of nitrogens with zero attached hydrogens (tertiary/aromatic N) is 4. The van der Waals surface area contributed by atoms with Crippen LogP contribution < -0.4 is 10.6 Å². The van der Waals surface area contributed by atoms with E-state index in [1.54, 1.807) is 0 Å². The highest BCUT2D eigenvalue weighted by molar-refractivity contribution is 5.47. The maximum Gasteiger partial charge on any atom is 0.131 e. The van der Waals surface area contributed by atoms with Gasteiger partial charge in [-0.2, -0.15) is 5.26 Å². The highest BCUT2D eigenvalue weighted by Gasteiger charge is 2.19. The first-order chi connectivity index (χ1) is 8.78. The molecule has 18 heavy (non-hydrogen) atoms. The monoisotopic (exact) mass is 246 g/mol. The summed E-state index contributed by atoms with van der Waals surface area (Å²) < 4.78 is 0. The van der Waals surface area contributed by atoms with E-state index in [1.807, 2.05) is 6.07 Å². The van der Waals surface area contributed by atoms with Crippen molar-refractivity contribution in [2.75, 3.05) is 37.3 Å². The number of nitriles is 1. The Morgan fingerprint density at radius 2 is 2.33 bits per heavy atom. The van der Waals surface area contributed by atoms with Crippen molar-refractivity contribution in [2.45, 2.75) is 18.9 Å². The van der Waals surface area contributed by atoms with Gasteiger partial charge in [-0.15, -0.1) is 0 Å². The zero-order valence-corrected chi connectivity index (χ0v) is 10.6. The molecular weight excluding hydrogens is 228 g/mol. The quantitative estimate of drug-likeness (QED) is 0.752. The molecule has 1 saturated heterocycles. The summed E-state index contributed by atoms with van der Waals surface area (Å²) in [7, 11) is 2.12. The number of anilines is 2. The van der Waals surface area contributed by atoms with E-state index in [0.29, 0.717) is 19.0 Å². The lowest BCUT2D eigenvalue weighted by atomic mass is 10.2. The lowest BCUT2D eigenvalue weighted by molar-refractivity contribution is 0.414. The number of hydrogen-bond acceptors (Lipinski definition) is 6. The Balaban J connectivity index is 1.89. The second kappa shape index (κ2) is 6.17. The summed E-state index contributed by atoms with van der Waals surface area (Å²) in [5.74, 6) is 1.60. The average molecular weight is 246 g/mol. The average Bonchev–Trinajstić information content (AvgIpc) is 2.76. The van der Waals surface area contributed by atoms with Crippen LogP contribution in [0.4, 0.5) is 11.6 Å². The number of hydrogen-bond donors (Lipinski definition) is 2. The fourth-order valence-electron chi connectivity index (χ4n) is 2.04. The van der Waals surface area contributed by atoms with Crippen molar-refractivity contribution in [1.29, 1.82) is 5.26 Å². The van der Waals surface area contributed by atoms with Gasteiger partial charge in [0.25, 0.3) is 0 Å². The van der Waals surface area contributed by atoms with Crippen molar-refractivity contribution in [3.8, 4) is 6.07 Å². The largest absolute Gasteiger partial charge is 0.369 e.